The minimum atomic E-state index is -1.62. The highest BCUT2D eigenvalue weighted by Gasteiger charge is 2.31. The Labute approximate surface area is 159 Å². The Morgan fingerprint density at radius 3 is 2.27 bits per heavy atom. The van der Waals surface area contributed by atoms with Gasteiger partial charge in [-0.1, -0.05) is 87.5 Å². The van der Waals surface area contributed by atoms with Gasteiger partial charge in [-0.15, -0.1) is 0 Å². The highest BCUT2D eigenvalue weighted by Crippen LogP contribution is 2.36. The Bertz CT molecular complexity index is 1020. The molecule has 3 rings (SSSR count). The lowest BCUT2D eigenvalue weighted by molar-refractivity contribution is 0.146. The van der Waals surface area contributed by atoms with Crippen LogP contribution in [0.3, 0.4) is 0 Å². The molecular formula is C21H14BrN3O. The van der Waals surface area contributed by atoms with Crippen LogP contribution in [0, 0.1) is 11.8 Å². The predicted octanol–water partition coefficient (Wildman–Crippen LogP) is 5.68. The van der Waals surface area contributed by atoms with Crippen LogP contribution in [0.15, 0.2) is 88.4 Å². The van der Waals surface area contributed by atoms with Gasteiger partial charge in [-0.3, -0.25) is 0 Å². The number of hydrogen-bond donors (Lipinski definition) is 1. The fraction of sp³-hybridized carbons (Fsp3) is 0.0476. The third-order valence-corrected chi connectivity index (χ3v) is 4.40. The van der Waals surface area contributed by atoms with Crippen LogP contribution < -0.4 is 0 Å². The Morgan fingerprint density at radius 2 is 1.58 bits per heavy atom. The van der Waals surface area contributed by atoms with Gasteiger partial charge in [-0.05, 0) is 29.8 Å². The van der Waals surface area contributed by atoms with Crippen LogP contribution in [0.2, 0.25) is 0 Å². The van der Waals surface area contributed by atoms with Crippen molar-refractivity contribution in [2.24, 2.45) is 5.11 Å². The Balaban J connectivity index is 2.22. The summed E-state index contributed by atoms with van der Waals surface area (Å²) in [5.41, 5.74) is 9.37. The lowest BCUT2D eigenvalue weighted by atomic mass is 9.85. The number of azide groups is 1. The fourth-order valence-corrected chi connectivity index (χ4v) is 2.85. The van der Waals surface area contributed by atoms with Gasteiger partial charge in [0.2, 0.25) is 0 Å². The van der Waals surface area contributed by atoms with Crippen LogP contribution in [-0.4, -0.2) is 5.11 Å². The van der Waals surface area contributed by atoms with Crippen molar-refractivity contribution < 1.29 is 5.11 Å². The van der Waals surface area contributed by atoms with E-state index in [4.69, 9.17) is 5.53 Å². The van der Waals surface area contributed by atoms with Crippen molar-refractivity contribution in [3.05, 3.63) is 110 Å². The molecule has 0 fully saturated rings. The summed E-state index contributed by atoms with van der Waals surface area (Å²) in [7, 11) is 0. The predicted molar refractivity (Wildman–Crippen MR) is 106 cm³/mol. The molecule has 0 aliphatic rings. The van der Waals surface area contributed by atoms with E-state index in [1.165, 1.54) is 0 Å². The molecule has 126 valence electrons. The van der Waals surface area contributed by atoms with Crippen LogP contribution in [0.1, 0.15) is 16.7 Å². The molecule has 0 aromatic heterocycles. The Morgan fingerprint density at radius 1 is 0.923 bits per heavy atom. The van der Waals surface area contributed by atoms with Gasteiger partial charge in [-0.2, -0.15) is 0 Å². The van der Waals surface area contributed by atoms with Gasteiger partial charge >= 0.3 is 0 Å². The minimum absolute atomic E-state index is 0.336. The molecule has 0 aliphatic heterocycles. The summed E-state index contributed by atoms with van der Waals surface area (Å²) in [6, 6.07) is 23.6. The van der Waals surface area contributed by atoms with Crippen molar-refractivity contribution in [1.29, 1.82) is 0 Å². The van der Waals surface area contributed by atoms with Gasteiger partial charge in [0.1, 0.15) is 0 Å². The number of halogens is 1. The zero-order valence-corrected chi connectivity index (χ0v) is 15.3. The van der Waals surface area contributed by atoms with E-state index in [2.05, 4.69) is 37.8 Å². The maximum Gasteiger partial charge on any atom is 0.177 e. The molecule has 1 N–H and O–H groups in total. The molecule has 26 heavy (non-hydrogen) atoms. The highest BCUT2D eigenvalue weighted by molar-refractivity contribution is 9.10. The van der Waals surface area contributed by atoms with Crippen molar-refractivity contribution in [2.45, 2.75) is 5.60 Å². The van der Waals surface area contributed by atoms with E-state index in [0.717, 1.165) is 10.0 Å². The van der Waals surface area contributed by atoms with Crippen molar-refractivity contribution >= 4 is 21.6 Å². The molecule has 3 aromatic rings. The monoisotopic (exact) mass is 403 g/mol. The number of rotatable bonds is 3. The third kappa shape index (κ3) is 3.79. The van der Waals surface area contributed by atoms with Gasteiger partial charge in [0.25, 0.3) is 0 Å². The first-order chi connectivity index (χ1) is 12.6. The summed E-state index contributed by atoms with van der Waals surface area (Å²) >= 11 is 3.40. The van der Waals surface area contributed by atoms with Crippen LogP contribution in [-0.2, 0) is 5.60 Å². The lowest BCUT2D eigenvalue weighted by Gasteiger charge is -2.25. The zero-order chi connectivity index (χ0) is 18.4. The molecule has 0 radical (unpaired) electrons. The molecule has 1 atom stereocenters. The topological polar surface area (TPSA) is 69.0 Å². The highest BCUT2D eigenvalue weighted by atomic mass is 79.9. The summed E-state index contributed by atoms with van der Waals surface area (Å²) in [4.78, 5) is 2.86. The first-order valence-corrected chi connectivity index (χ1v) is 8.64. The summed E-state index contributed by atoms with van der Waals surface area (Å²) in [6.07, 6.45) is 0. The molecule has 4 nitrogen and oxygen atoms in total. The second-order valence-corrected chi connectivity index (χ2v) is 6.46. The lowest BCUT2D eigenvalue weighted by Crippen LogP contribution is -2.25. The van der Waals surface area contributed by atoms with Gasteiger partial charge in [-0.25, -0.2) is 0 Å². The van der Waals surface area contributed by atoms with E-state index in [9.17, 15) is 5.11 Å². The smallest absolute Gasteiger partial charge is 0.177 e. The summed E-state index contributed by atoms with van der Waals surface area (Å²) in [5.74, 6) is 5.99. The molecule has 0 saturated carbocycles. The standard InChI is InChI=1S/C21H14BrN3O/c22-18-12-10-17(11-13-18)21(26,15-14-16-6-2-1-3-7-16)19-8-4-5-9-20(19)24-25-23/h1-13,26H. The number of hydrogen-bond acceptors (Lipinski definition) is 2. The maximum atomic E-state index is 11.5. The van der Waals surface area contributed by atoms with Crippen LogP contribution in [0.4, 0.5) is 5.69 Å². The number of benzene rings is 3. The summed E-state index contributed by atoms with van der Waals surface area (Å²) in [6.45, 7) is 0. The summed E-state index contributed by atoms with van der Waals surface area (Å²) < 4.78 is 0.892. The van der Waals surface area contributed by atoms with Crippen LogP contribution in [0.5, 0.6) is 0 Å². The maximum absolute atomic E-state index is 11.5. The molecule has 0 amide bonds. The average Bonchev–Trinajstić information content (AvgIpc) is 2.68. The SMILES string of the molecule is [N-]=[N+]=Nc1ccccc1C(O)(C#Cc1ccccc1)c1ccc(Br)cc1. The van der Waals surface area contributed by atoms with Gasteiger partial charge < -0.3 is 5.11 Å². The average molecular weight is 404 g/mol. The molecule has 0 spiro atoms. The molecule has 0 heterocycles. The Kier molecular flexibility index (Phi) is 5.40. The van der Waals surface area contributed by atoms with E-state index in [-0.39, 0.29) is 0 Å². The zero-order valence-electron chi connectivity index (χ0n) is 13.7. The van der Waals surface area contributed by atoms with E-state index in [1.807, 2.05) is 42.5 Å². The number of nitrogens with zero attached hydrogens (tertiary/aromatic N) is 3. The molecule has 3 aromatic carbocycles. The van der Waals surface area contributed by atoms with Crippen molar-refractivity contribution in [2.75, 3.05) is 0 Å². The van der Waals surface area contributed by atoms with Crippen LogP contribution in [0.25, 0.3) is 10.4 Å². The largest absolute Gasteiger partial charge is 0.369 e. The minimum Gasteiger partial charge on any atom is -0.369 e. The third-order valence-electron chi connectivity index (χ3n) is 3.87. The van der Waals surface area contributed by atoms with Gasteiger partial charge in [0.05, 0.1) is 0 Å². The molecule has 5 heteroatoms. The van der Waals surface area contributed by atoms with Crippen molar-refractivity contribution in [3.8, 4) is 11.8 Å². The normalized spacial score (nSPS) is 12.2. The second kappa shape index (κ2) is 7.90. The van der Waals surface area contributed by atoms with E-state index < -0.39 is 5.60 Å². The molecule has 0 saturated heterocycles. The van der Waals surface area contributed by atoms with Crippen LogP contribution >= 0.6 is 15.9 Å². The van der Waals surface area contributed by atoms with E-state index >= 15 is 0 Å². The molecule has 0 aliphatic carbocycles. The first-order valence-electron chi connectivity index (χ1n) is 7.85. The number of aliphatic hydroxyl groups is 1. The first kappa shape index (κ1) is 17.8. The molecule has 0 bridgehead atoms. The molecular weight excluding hydrogens is 390 g/mol. The fourth-order valence-electron chi connectivity index (χ4n) is 2.59. The van der Waals surface area contributed by atoms with Crippen molar-refractivity contribution in [1.82, 2.24) is 0 Å². The van der Waals surface area contributed by atoms with Gasteiger partial charge in [0, 0.05) is 31.8 Å². The van der Waals surface area contributed by atoms with E-state index in [0.29, 0.717) is 16.8 Å². The van der Waals surface area contributed by atoms with Crippen molar-refractivity contribution in [3.63, 3.8) is 0 Å². The van der Waals surface area contributed by atoms with E-state index in [1.54, 1.807) is 36.4 Å². The summed E-state index contributed by atoms with van der Waals surface area (Å²) in [5, 5.41) is 15.3. The quantitative estimate of drug-likeness (QED) is 0.260. The second-order valence-electron chi connectivity index (χ2n) is 5.54. The van der Waals surface area contributed by atoms with Gasteiger partial charge in [0.15, 0.2) is 5.60 Å². The molecule has 1 unspecified atom stereocenters. The Hall–Kier alpha value is -3.03.